The number of ether oxygens (including phenoxy) is 1. The van der Waals surface area contributed by atoms with Crippen molar-refractivity contribution in [2.24, 2.45) is 5.92 Å². The Labute approximate surface area is 106 Å². The molecule has 0 amide bonds. The van der Waals surface area contributed by atoms with E-state index < -0.39 is 0 Å². The molecule has 2 rings (SSSR count). The molecule has 3 nitrogen and oxygen atoms in total. The molecule has 1 aliphatic heterocycles. The molecule has 2 unspecified atom stereocenters. The third-order valence-corrected chi connectivity index (χ3v) is 4.59. The standard InChI is InChI=1S/C14H28N2O/c1-15-11-12-6-8-16(9-7-12)13-4-3-5-14(10-13)17-2/h12-15H,3-11H2,1-2H3. The van der Waals surface area contributed by atoms with Crippen LogP contribution >= 0.6 is 0 Å². The van der Waals surface area contributed by atoms with Crippen LogP contribution in [0.1, 0.15) is 38.5 Å². The van der Waals surface area contributed by atoms with Gasteiger partial charge in [0.05, 0.1) is 6.10 Å². The molecule has 0 spiro atoms. The zero-order chi connectivity index (χ0) is 12.1. The summed E-state index contributed by atoms with van der Waals surface area (Å²) in [5, 5.41) is 3.31. The van der Waals surface area contributed by atoms with Gasteiger partial charge in [-0.2, -0.15) is 0 Å². The van der Waals surface area contributed by atoms with Crippen molar-refractivity contribution in [2.75, 3.05) is 33.8 Å². The van der Waals surface area contributed by atoms with E-state index in [-0.39, 0.29) is 0 Å². The first-order valence-electron chi connectivity index (χ1n) is 7.25. The normalized spacial score (nSPS) is 32.8. The van der Waals surface area contributed by atoms with Gasteiger partial charge in [0.15, 0.2) is 0 Å². The highest BCUT2D eigenvalue weighted by molar-refractivity contribution is 4.84. The summed E-state index contributed by atoms with van der Waals surface area (Å²) in [5.41, 5.74) is 0. The second-order valence-corrected chi connectivity index (χ2v) is 5.72. The predicted molar refractivity (Wildman–Crippen MR) is 71.3 cm³/mol. The van der Waals surface area contributed by atoms with Gasteiger partial charge >= 0.3 is 0 Å². The summed E-state index contributed by atoms with van der Waals surface area (Å²) in [4.78, 5) is 2.72. The number of hydrogen-bond donors (Lipinski definition) is 1. The van der Waals surface area contributed by atoms with E-state index in [9.17, 15) is 0 Å². The van der Waals surface area contributed by atoms with Crippen molar-refractivity contribution < 1.29 is 4.74 Å². The summed E-state index contributed by atoms with van der Waals surface area (Å²) in [7, 11) is 3.93. The summed E-state index contributed by atoms with van der Waals surface area (Å²) in [5.74, 6) is 0.901. The zero-order valence-corrected chi connectivity index (χ0v) is 11.5. The Morgan fingerprint density at radius 3 is 2.59 bits per heavy atom. The number of piperidine rings is 1. The molecule has 2 aliphatic rings. The fourth-order valence-corrected chi connectivity index (χ4v) is 3.48. The Balaban J connectivity index is 1.76. The van der Waals surface area contributed by atoms with Gasteiger partial charge in [0.2, 0.25) is 0 Å². The number of rotatable bonds is 4. The van der Waals surface area contributed by atoms with E-state index in [1.165, 1.54) is 58.2 Å². The van der Waals surface area contributed by atoms with Gasteiger partial charge in [0, 0.05) is 13.2 Å². The van der Waals surface area contributed by atoms with Crippen LogP contribution in [-0.2, 0) is 4.74 Å². The first kappa shape index (κ1) is 13.3. The summed E-state index contributed by atoms with van der Waals surface area (Å²) in [6.07, 6.45) is 8.51. The molecule has 2 atom stereocenters. The van der Waals surface area contributed by atoms with Gasteiger partial charge in [-0.05, 0) is 71.1 Å². The van der Waals surface area contributed by atoms with E-state index in [1.807, 2.05) is 7.11 Å². The maximum absolute atomic E-state index is 5.54. The number of methoxy groups -OCH3 is 1. The van der Waals surface area contributed by atoms with E-state index in [0.717, 1.165) is 12.0 Å². The molecule has 17 heavy (non-hydrogen) atoms. The smallest absolute Gasteiger partial charge is 0.0586 e. The average molecular weight is 240 g/mol. The minimum absolute atomic E-state index is 0.517. The Morgan fingerprint density at radius 2 is 1.94 bits per heavy atom. The first-order chi connectivity index (χ1) is 8.33. The van der Waals surface area contributed by atoms with E-state index >= 15 is 0 Å². The highest BCUT2D eigenvalue weighted by Crippen LogP contribution is 2.28. The number of hydrogen-bond acceptors (Lipinski definition) is 3. The van der Waals surface area contributed by atoms with Gasteiger partial charge in [-0.25, -0.2) is 0 Å². The lowest BCUT2D eigenvalue weighted by Crippen LogP contribution is -2.45. The summed E-state index contributed by atoms with van der Waals surface area (Å²) < 4.78 is 5.54. The van der Waals surface area contributed by atoms with E-state index in [4.69, 9.17) is 4.74 Å². The van der Waals surface area contributed by atoms with Crippen molar-refractivity contribution in [3.8, 4) is 0 Å². The minimum Gasteiger partial charge on any atom is -0.381 e. The molecule has 1 aliphatic carbocycles. The van der Waals surface area contributed by atoms with Gasteiger partial charge in [0.25, 0.3) is 0 Å². The molecular weight excluding hydrogens is 212 g/mol. The monoisotopic (exact) mass is 240 g/mol. The Kier molecular flexibility index (Phi) is 5.26. The molecule has 1 N–H and O–H groups in total. The van der Waals surface area contributed by atoms with Gasteiger partial charge < -0.3 is 15.0 Å². The van der Waals surface area contributed by atoms with Gasteiger partial charge in [-0.1, -0.05) is 0 Å². The van der Waals surface area contributed by atoms with Crippen molar-refractivity contribution in [3.63, 3.8) is 0 Å². The lowest BCUT2D eigenvalue weighted by Gasteiger charge is -2.41. The van der Waals surface area contributed by atoms with Crippen LogP contribution in [0.25, 0.3) is 0 Å². The van der Waals surface area contributed by atoms with Crippen LogP contribution < -0.4 is 5.32 Å². The first-order valence-corrected chi connectivity index (χ1v) is 7.25. The van der Waals surface area contributed by atoms with Gasteiger partial charge in [-0.15, -0.1) is 0 Å². The summed E-state index contributed by atoms with van der Waals surface area (Å²) in [6, 6.07) is 0.796. The summed E-state index contributed by atoms with van der Waals surface area (Å²) >= 11 is 0. The van der Waals surface area contributed by atoms with Crippen LogP contribution in [0.3, 0.4) is 0 Å². The molecule has 0 aromatic rings. The zero-order valence-electron chi connectivity index (χ0n) is 11.5. The molecular formula is C14H28N2O. The summed E-state index contributed by atoms with van der Waals surface area (Å²) in [6.45, 7) is 3.79. The van der Waals surface area contributed by atoms with Gasteiger partial charge in [-0.3, -0.25) is 0 Å². The molecule has 0 radical (unpaired) electrons. The van der Waals surface area contributed by atoms with Crippen LogP contribution in [0.2, 0.25) is 0 Å². The lowest BCUT2D eigenvalue weighted by atomic mass is 9.88. The lowest BCUT2D eigenvalue weighted by molar-refractivity contribution is 0.0178. The second kappa shape index (κ2) is 6.72. The van der Waals surface area contributed by atoms with Crippen LogP contribution in [0.4, 0.5) is 0 Å². The highest BCUT2D eigenvalue weighted by Gasteiger charge is 2.29. The highest BCUT2D eigenvalue weighted by atomic mass is 16.5. The van der Waals surface area contributed by atoms with Crippen LogP contribution in [0, 0.1) is 5.92 Å². The number of likely N-dealkylation sites (tertiary alicyclic amines) is 1. The Bertz CT molecular complexity index is 214. The Hall–Kier alpha value is -0.120. The fourth-order valence-electron chi connectivity index (χ4n) is 3.48. The quantitative estimate of drug-likeness (QED) is 0.812. The second-order valence-electron chi connectivity index (χ2n) is 5.72. The maximum atomic E-state index is 5.54. The predicted octanol–water partition coefficient (Wildman–Crippen LogP) is 1.88. The third-order valence-electron chi connectivity index (χ3n) is 4.59. The molecule has 0 aromatic heterocycles. The van der Waals surface area contributed by atoms with Crippen molar-refractivity contribution in [2.45, 2.75) is 50.7 Å². The van der Waals surface area contributed by atoms with Crippen LogP contribution in [-0.4, -0.2) is 50.8 Å². The minimum atomic E-state index is 0.517. The molecule has 2 fully saturated rings. The maximum Gasteiger partial charge on any atom is 0.0586 e. The number of nitrogens with one attached hydrogen (secondary N) is 1. The molecule has 1 saturated heterocycles. The van der Waals surface area contributed by atoms with Crippen LogP contribution in [0.15, 0.2) is 0 Å². The third kappa shape index (κ3) is 3.67. The average Bonchev–Trinajstić information content (AvgIpc) is 2.40. The molecule has 1 heterocycles. The molecule has 100 valence electrons. The molecule has 0 aromatic carbocycles. The van der Waals surface area contributed by atoms with Crippen molar-refractivity contribution in [1.82, 2.24) is 10.2 Å². The van der Waals surface area contributed by atoms with E-state index in [1.54, 1.807) is 0 Å². The van der Waals surface area contributed by atoms with Crippen molar-refractivity contribution in [3.05, 3.63) is 0 Å². The largest absolute Gasteiger partial charge is 0.381 e. The molecule has 3 heteroatoms. The van der Waals surface area contributed by atoms with E-state index in [2.05, 4.69) is 17.3 Å². The van der Waals surface area contributed by atoms with Crippen LogP contribution in [0.5, 0.6) is 0 Å². The molecule has 1 saturated carbocycles. The number of nitrogens with zero attached hydrogens (tertiary/aromatic N) is 1. The fraction of sp³-hybridized carbons (Fsp3) is 1.00. The van der Waals surface area contributed by atoms with E-state index in [0.29, 0.717) is 6.10 Å². The van der Waals surface area contributed by atoms with Crippen molar-refractivity contribution >= 4 is 0 Å². The SMILES string of the molecule is CNCC1CCN(C2CCCC(OC)C2)CC1. The van der Waals surface area contributed by atoms with Gasteiger partial charge in [0.1, 0.15) is 0 Å². The van der Waals surface area contributed by atoms with Crippen molar-refractivity contribution in [1.29, 1.82) is 0 Å². The Morgan fingerprint density at radius 1 is 1.18 bits per heavy atom. The topological polar surface area (TPSA) is 24.5 Å². The molecule has 0 bridgehead atoms.